The van der Waals surface area contributed by atoms with E-state index >= 15 is 0 Å². The standard InChI is InChI=1S/C13H17N3OS/c17-9-3-6-14-8-5-13-16-12(10-18-13)11-4-1-2-7-15-11/h1-2,4,7,10,14,17H,3,5-6,8-9H2. The maximum absolute atomic E-state index is 8.65. The maximum atomic E-state index is 8.65. The van der Waals surface area contributed by atoms with Crippen LogP contribution < -0.4 is 5.32 Å². The number of nitrogens with one attached hydrogen (secondary N) is 1. The van der Waals surface area contributed by atoms with Crippen LogP contribution in [0.4, 0.5) is 0 Å². The summed E-state index contributed by atoms with van der Waals surface area (Å²) in [6.45, 7) is 2.00. The van der Waals surface area contributed by atoms with Crippen LogP contribution in [0.1, 0.15) is 11.4 Å². The van der Waals surface area contributed by atoms with Crippen LogP contribution in [0, 0.1) is 0 Å². The van der Waals surface area contributed by atoms with Gasteiger partial charge in [-0.3, -0.25) is 4.98 Å². The number of rotatable bonds is 7. The van der Waals surface area contributed by atoms with Gasteiger partial charge >= 0.3 is 0 Å². The van der Waals surface area contributed by atoms with Crippen LogP contribution in [0.2, 0.25) is 0 Å². The summed E-state index contributed by atoms with van der Waals surface area (Å²) in [6, 6.07) is 5.85. The monoisotopic (exact) mass is 263 g/mol. The van der Waals surface area contributed by atoms with E-state index in [0.717, 1.165) is 42.3 Å². The van der Waals surface area contributed by atoms with E-state index < -0.39 is 0 Å². The Morgan fingerprint density at radius 1 is 1.22 bits per heavy atom. The van der Waals surface area contributed by atoms with Crippen LogP contribution in [0.15, 0.2) is 29.8 Å². The van der Waals surface area contributed by atoms with E-state index in [-0.39, 0.29) is 6.61 Å². The lowest BCUT2D eigenvalue weighted by molar-refractivity contribution is 0.286. The minimum atomic E-state index is 0.244. The summed E-state index contributed by atoms with van der Waals surface area (Å²) in [4.78, 5) is 8.85. The smallest absolute Gasteiger partial charge is 0.0998 e. The van der Waals surface area contributed by atoms with Crippen molar-refractivity contribution in [1.29, 1.82) is 0 Å². The molecule has 4 nitrogen and oxygen atoms in total. The van der Waals surface area contributed by atoms with Crippen LogP contribution >= 0.6 is 11.3 Å². The van der Waals surface area contributed by atoms with Crippen LogP contribution in [-0.4, -0.2) is 34.8 Å². The number of nitrogens with zero attached hydrogens (tertiary/aromatic N) is 2. The molecule has 0 fully saturated rings. The predicted octanol–water partition coefficient (Wildman–Crippen LogP) is 1.72. The van der Waals surface area contributed by atoms with Crippen molar-refractivity contribution in [2.75, 3.05) is 19.7 Å². The fraction of sp³-hybridized carbons (Fsp3) is 0.385. The SMILES string of the molecule is OCCCNCCc1nc(-c2ccccn2)cs1. The second-order valence-corrected chi connectivity index (χ2v) is 4.86. The Kier molecular flexibility index (Phi) is 5.26. The molecule has 0 bridgehead atoms. The number of aliphatic hydroxyl groups excluding tert-OH is 1. The molecule has 96 valence electrons. The van der Waals surface area contributed by atoms with E-state index in [4.69, 9.17) is 5.11 Å². The molecule has 0 aliphatic heterocycles. The maximum Gasteiger partial charge on any atom is 0.0998 e. The summed E-state index contributed by atoms with van der Waals surface area (Å²) in [5.41, 5.74) is 1.87. The van der Waals surface area contributed by atoms with E-state index in [1.165, 1.54) is 0 Å². The van der Waals surface area contributed by atoms with E-state index in [1.807, 2.05) is 23.6 Å². The van der Waals surface area contributed by atoms with E-state index in [2.05, 4.69) is 15.3 Å². The van der Waals surface area contributed by atoms with Gasteiger partial charge in [-0.25, -0.2) is 4.98 Å². The molecule has 2 aromatic heterocycles. The molecule has 18 heavy (non-hydrogen) atoms. The van der Waals surface area contributed by atoms with Gasteiger partial charge in [0, 0.05) is 31.1 Å². The Bertz CT molecular complexity index is 458. The number of pyridine rings is 1. The van der Waals surface area contributed by atoms with Gasteiger partial charge in [-0.05, 0) is 25.1 Å². The second-order valence-electron chi connectivity index (χ2n) is 3.92. The first kappa shape index (κ1) is 13.1. The lowest BCUT2D eigenvalue weighted by Crippen LogP contribution is -2.19. The van der Waals surface area contributed by atoms with Crippen molar-refractivity contribution in [3.8, 4) is 11.4 Å². The molecule has 0 aromatic carbocycles. The van der Waals surface area contributed by atoms with Gasteiger partial charge < -0.3 is 10.4 Å². The van der Waals surface area contributed by atoms with Crippen LogP contribution in [0.5, 0.6) is 0 Å². The molecule has 0 spiro atoms. The third-order valence-corrected chi connectivity index (χ3v) is 3.41. The average Bonchev–Trinajstić information content (AvgIpc) is 2.88. The Morgan fingerprint density at radius 2 is 2.17 bits per heavy atom. The predicted molar refractivity (Wildman–Crippen MR) is 73.6 cm³/mol. The van der Waals surface area contributed by atoms with E-state index in [1.54, 1.807) is 17.5 Å². The van der Waals surface area contributed by atoms with Gasteiger partial charge in [0.1, 0.15) is 0 Å². The molecule has 0 amide bonds. The first-order valence-corrected chi connectivity index (χ1v) is 6.95. The summed E-state index contributed by atoms with van der Waals surface area (Å²) < 4.78 is 0. The minimum absolute atomic E-state index is 0.244. The van der Waals surface area contributed by atoms with Gasteiger partial charge in [-0.15, -0.1) is 11.3 Å². The second kappa shape index (κ2) is 7.20. The largest absolute Gasteiger partial charge is 0.396 e. The lowest BCUT2D eigenvalue weighted by atomic mass is 10.3. The van der Waals surface area contributed by atoms with Crippen molar-refractivity contribution in [2.45, 2.75) is 12.8 Å². The number of aromatic nitrogens is 2. The summed E-state index contributed by atoms with van der Waals surface area (Å²) in [5.74, 6) is 0. The van der Waals surface area contributed by atoms with Crippen LogP contribution in [-0.2, 0) is 6.42 Å². The lowest BCUT2D eigenvalue weighted by Gasteiger charge is -2.00. The van der Waals surface area contributed by atoms with Crippen molar-refractivity contribution >= 4 is 11.3 Å². The number of hydrogen-bond acceptors (Lipinski definition) is 5. The Balaban J connectivity index is 1.83. The van der Waals surface area contributed by atoms with Crippen molar-refractivity contribution in [3.63, 3.8) is 0 Å². The summed E-state index contributed by atoms with van der Waals surface area (Å²) in [6.07, 6.45) is 3.50. The average molecular weight is 263 g/mol. The zero-order valence-electron chi connectivity index (χ0n) is 10.2. The highest BCUT2D eigenvalue weighted by molar-refractivity contribution is 7.09. The van der Waals surface area contributed by atoms with Gasteiger partial charge in [-0.1, -0.05) is 6.07 Å². The molecule has 2 rings (SSSR count). The molecule has 0 radical (unpaired) electrons. The van der Waals surface area contributed by atoms with Crippen LogP contribution in [0.25, 0.3) is 11.4 Å². The quantitative estimate of drug-likeness (QED) is 0.747. The molecule has 0 saturated carbocycles. The summed E-state index contributed by atoms with van der Waals surface area (Å²) in [7, 11) is 0. The summed E-state index contributed by atoms with van der Waals surface area (Å²) in [5, 5.41) is 15.1. The molecule has 0 unspecified atom stereocenters. The van der Waals surface area contributed by atoms with Gasteiger partial charge in [-0.2, -0.15) is 0 Å². The normalized spacial score (nSPS) is 10.7. The molecule has 0 saturated heterocycles. The van der Waals surface area contributed by atoms with Crippen LogP contribution in [0.3, 0.4) is 0 Å². The molecule has 5 heteroatoms. The Hall–Kier alpha value is -1.30. The fourth-order valence-corrected chi connectivity index (χ4v) is 2.37. The van der Waals surface area contributed by atoms with Gasteiger partial charge in [0.2, 0.25) is 0 Å². The highest BCUT2D eigenvalue weighted by Gasteiger charge is 2.04. The van der Waals surface area contributed by atoms with E-state index in [0.29, 0.717) is 0 Å². The Morgan fingerprint density at radius 3 is 2.94 bits per heavy atom. The topological polar surface area (TPSA) is 58.0 Å². The van der Waals surface area contributed by atoms with Crippen molar-refractivity contribution in [2.24, 2.45) is 0 Å². The summed E-state index contributed by atoms with van der Waals surface area (Å²) >= 11 is 1.67. The van der Waals surface area contributed by atoms with Gasteiger partial charge in [0.05, 0.1) is 16.4 Å². The molecule has 2 N–H and O–H groups in total. The van der Waals surface area contributed by atoms with Crippen molar-refractivity contribution in [1.82, 2.24) is 15.3 Å². The number of hydrogen-bond donors (Lipinski definition) is 2. The number of thiazole rings is 1. The molecule has 0 aliphatic carbocycles. The van der Waals surface area contributed by atoms with E-state index in [9.17, 15) is 0 Å². The highest BCUT2D eigenvalue weighted by Crippen LogP contribution is 2.19. The fourth-order valence-electron chi connectivity index (χ4n) is 1.58. The number of aliphatic hydroxyl groups is 1. The molecular weight excluding hydrogens is 246 g/mol. The molecule has 0 atom stereocenters. The zero-order chi connectivity index (χ0) is 12.6. The van der Waals surface area contributed by atoms with Gasteiger partial charge in [0.25, 0.3) is 0 Å². The first-order chi connectivity index (χ1) is 8.90. The van der Waals surface area contributed by atoms with Crippen molar-refractivity contribution < 1.29 is 5.11 Å². The third-order valence-electron chi connectivity index (χ3n) is 2.51. The molecule has 2 heterocycles. The molecule has 0 aliphatic rings. The first-order valence-electron chi connectivity index (χ1n) is 6.07. The van der Waals surface area contributed by atoms with Crippen molar-refractivity contribution in [3.05, 3.63) is 34.8 Å². The molecular formula is C13H17N3OS. The highest BCUT2D eigenvalue weighted by atomic mass is 32.1. The minimum Gasteiger partial charge on any atom is -0.396 e. The molecule has 2 aromatic rings. The van der Waals surface area contributed by atoms with Gasteiger partial charge in [0.15, 0.2) is 0 Å². The Labute approximate surface area is 111 Å². The zero-order valence-corrected chi connectivity index (χ0v) is 11.0. The third kappa shape index (κ3) is 3.87.